The Bertz CT molecular complexity index is 710. The van der Waals surface area contributed by atoms with Gasteiger partial charge in [-0.3, -0.25) is 9.59 Å². The van der Waals surface area contributed by atoms with E-state index < -0.39 is 0 Å². The summed E-state index contributed by atoms with van der Waals surface area (Å²) in [5.41, 5.74) is 3.93. The highest BCUT2D eigenvalue weighted by molar-refractivity contribution is 5.93. The molecule has 0 aromatic heterocycles. The zero-order valence-electron chi connectivity index (χ0n) is 14.3. The number of benzene rings is 2. The van der Waals surface area contributed by atoms with Gasteiger partial charge in [-0.2, -0.15) is 0 Å². The zero-order chi connectivity index (χ0) is 17.5. The largest absolute Gasteiger partial charge is 0.456 e. The Morgan fingerprint density at radius 1 is 1.04 bits per heavy atom. The molecule has 2 aromatic rings. The molecule has 0 unspecified atom stereocenters. The predicted molar refractivity (Wildman–Crippen MR) is 95.0 cm³/mol. The molecule has 1 N–H and O–H groups in total. The fourth-order valence-corrected chi connectivity index (χ4v) is 2.43. The normalized spacial score (nSPS) is 11.6. The highest BCUT2D eigenvalue weighted by atomic mass is 16.5. The number of ether oxygens (including phenoxy) is 1. The Labute approximate surface area is 142 Å². The maximum absolute atomic E-state index is 11.9. The molecule has 0 aliphatic rings. The number of hydrogen-bond donors (Lipinski definition) is 1. The summed E-state index contributed by atoms with van der Waals surface area (Å²) in [6, 6.07) is 15.5. The Hall–Kier alpha value is -2.62. The molecule has 1 atom stereocenters. The number of rotatable bonds is 6. The van der Waals surface area contributed by atoms with Gasteiger partial charge in [0.25, 0.3) is 5.91 Å². The molecule has 1 amide bonds. The lowest BCUT2D eigenvalue weighted by Gasteiger charge is -2.12. The Kier molecular flexibility index (Phi) is 6.13. The van der Waals surface area contributed by atoms with Crippen molar-refractivity contribution in [2.24, 2.45) is 0 Å². The van der Waals surface area contributed by atoms with Crippen LogP contribution in [0.4, 0.5) is 5.69 Å². The van der Waals surface area contributed by atoms with Crippen LogP contribution in [-0.4, -0.2) is 18.5 Å². The summed E-state index contributed by atoms with van der Waals surface area (Å²) in [5, 5.41) is 2.78. The van der Waals surface area contributed by atoms with Crippen LogP contribution in [0.2, 0.25) is 0 Å². The van der Waals surface area contributed by atoms with E-state index in [2.05, 4.69) is 5.32 Å². The first-order chi connectivity index (χ1) is 11.5. The third kappa shape index (κ3) is 4.95. The Morgan fingerprint density at radius 2 is 1.75 bits per heavy atom. The standard InChI is InChI=1S/C20H23NO3/c1-14-8-7-11-18(16(14)3)21-19(22)13-24-20(23)12-15(2)17-9-5-4-6-10-17/h4-11,15H,12-13H2,1-3H3,(H,21,22)/t15-/m1/s1. The van der Waals surface area contributed by atoms with E-state index in [1.165, 1.54) is 0 Å². The van der Waals surface area contributed by atoms with Crippen molar-refractivity contribution in [3.05, 3.63) is 65.2 Å². The fourth-order valence-electron chi connectivity index (χ4n) is 2.43. The number of carbonyl (C=O) groups excluding carboxylic acids is 2. The molecule has 0 fully saturated rings. The summed E-state index contributed by atoms with van der Waals surface area (Å²) >= 11 is 0. The van der Waals surface area contributed by atoms with E-state index in [1.807, 2.05) is 69.3 Å². The second kappa shape index (κ2) is 8.29. The number of anilines is 1. The fraction of sp³-hybridized carbons (Fsp3) is 0.300. The van der Waals surface area contributed by atoms with Crippen LogP contribution in [-0.2, 0) is 14.3 Å². The van der Waals surface area contributed by atoms with E-state index in [0.717, 1.165) is 22.4 Å². The van der Waals surface area contributed by atoms with Gasteiger partial charge in [-0.05, 0) is 42.5 Å². The molecular weight excluding hydrogens is 302 g/mol. The molecule has 0 saturated carbocycles. The van der Waals surface area contributed by atoms with Gasteiger partial charge in [-0.15, -0.1) is 0 Å². The van der Waals surface area contributed by atoms with Crippen molar-refractivity contribution in [3.63, 3.8) is 0 Å². The van der Waals surface area contributed by atoms with E-state index in [1.54, 1.807) is 0 Å². The monoisotopic (exact) mass is 325 g/mol. The van der Waals surface area contributed by atoms with Crippen LogP contribution in [0.5, 0.6) is 0 Å². The predicted octanol–water partition coefficient (Wildman–Crippen LogP) is 3.98. The minimum atomic E-state index is -0.373. The highest BCUT2D eigenvalue weighted by Crippen LogP contribution is 2.19. The topological polar surface area (TPSA) is 55.4 Å². The summed E-state index contributed by atoms with van der Waals surface area (Å²) in [6.45, 7) is 5.62. The molecular formula is C20H23NO3. The smallest absolute Gasteiger partial charge is 0.306 e. The van der Waals surface area contributed by atoms with E-state index in [4.69, 9.17) is 4.74 Å². The van der Waals surface area contributed by atoms with Gasteiger partial charge in [0.2, 0.25) is 0 Å². The van der Waals surface area contributed by atoms with Crippen molar-refractivity contribution >= 4 is 17.6 Å². The van der Waals surface area contributed by atoms with Crippen LogP contribution in [0.1, 0.15) is 36.0 Å². The van der Waals surface area contributed by atoms with Gasteiger partial charge in [-0.25, -0.2) is 0 Å². The number of carbonyl (C=O) groups is 2. The van der Waals surface area contributed by atoms with Crippen LogP contribution in [0.25, 0.3) is 0 Å². The first kappa shape index (κ1) is 17.7. The molecule has 0 aliphatic heterocycles. The molecule has 4 heteroatoms. The van der Waals surface area contributed by atoms with Crippen LogP contribution in [0.3, 0.4) is 0 Å². The minimum Gasteiger partial charge on any atom is -0.456 e. The quantitative estimate of drug-likeness (QED) is 0.817. The maximum Gasteiger partial charge on any atom is 0.306 e. The van der Waals surface area contributed by atoms with Crippen molar-refractivity contribution in [1.82, 2.24) is 0 Å². The Balaban J connectivity index is 1.81. The summed E-state index contributed by atoms with van der Waals surface area (Å²) < 4.78 is 5.09. The first-order valence-corrected chi connectivity index (χ1v) is 8.04. The Morgan fingerprint density at radius 3 is 2.46 bits per heavy atom. The summed E-state index contributed by atoms with van der Waals surface area (Å²) in [5.74, 6) is -0.646. The number of aryl methyl sites for hydroxylation is 1. The van der Waals surface area contributed by atoms with Crippen molar-refractivity contribution in [3.8, 4) is 0 Å². The minimum absolute atomic E-state index is 0.0563. The van der Waals surface area contributed by atoms with Gasteiger partial charge in [-0.1, -0.05) is 49.4 Å². The van der Waals surface area contributed by atoms with Crippen LogP contribution < -0.4 is 5.32 Å². The molecule has 2 rings (SSSR count). The molecule has 2 aromatic carbocycles. The van der Waals surface area contributed by atoms with Crippen molar-refractivity contribution < 1.29 is 14.3 Å². The molecule has 0 aliphatic carbocycles. The lowest BCUT2D eigenvalue weighted by molar-refractivity contribution is -0.147. The third-order valence-corrected chi connectivity index (χ3v) is 4.08. The lowest BCUT2D eigenvalue weighted by Crippen LogP contribution is -2.22. The summed E-state index contributed by atoms with van der Waals surface area (Å²) in [6.07, 6.45) is 0.251. The molecule has 0 spiro atoms. The number of esters is 1. The average Bonchev–Trinajstić information content (AvgIpc) is 2.58. The van der Waals surface area contributed by atoms with Gasteiger partial charge in [0.15, 0.2) is 6.61 Å². The molecule has 24 heavy (non-hydrogen) atoms. The number of hydrogen-bond acceptors (Lipinski definition) is 3. The number of nitrogens with one attached hydrogen (secondary N) is 1. The van der Waals surface area contributed by atoms with E-state index in [9.17, 15) is 9.59 Å². The second-order valence-electron chi connectivity index (χ2n) is 5.97. The van der Waals surface area contributed by atoms with Crippen molar-refractivity contribution in [1.29, 1.82) is 0 Å². The molecule has 4 nitrogen and oxygen atoms in total. The molecule has 0 heterocycles. The van der Waals surface area contributed by atoms with E-state index in [-0.39, 0.29) is 30.8 Å². The van der Waals surface area contributed by atoms with Gasteiger partial charge in [0.05, 0.1) is 6.42 Å². The molecule has 0 radical (unpaired) electrons. The summed E-state index contributed by atoms with van der Waals surface area (Å²) in [7, 11) is 0. The lowest BCUT2D eigenvalue weighted by atomic mass is 9.98. The van der Waals surface area contributed by atoms with Crippen LogP contribution in [0, 0.1) is 13.8 Å². The van der Waals surface area contributed by atoms with Crippen LogP contribution >= 0.6 is 0 Å². The van der Waals surface area contributed by atoms with Gasteiger partial charge in [0, 0.05) is 5.69 Å². The van der Waals surface area contributed by atoms with Gasteiger partial charge >= 0.3 is 5.97 Å². The average molecular weight is 325 g/mol. The molecule has 126 valence electrons. The van der Waals surface area contributed by atoms with Gasteiger partial charge in [0.1, 0.15) is 0 Å². The van der Waals surface area contributed by atoms with Gasteiger partial charge < -0.3 is 10.1 Å². The molecule has 0 bridgehead atoms. The second-order valence-corrected chi connectivity index (χ2v) is 5.97. The van der Waals surface area contributed by atoms with Crippen LogP contribution in [0.15, 0.2) is 48.5 Å². The summed E-state index contributed by atoms with van der Waals surface area (Å²) in [4.78, 5) is 23.9. The van der Waals surface area contributed by atoms with Crippen molar-refractivity contribution in [2.75, 3.05) is 11.9 Å². The zero-order valence-corrected chi connectivity index (χ0v) is 14.3. The third-order valence-electron chi connectivity index (χ3n) is 4.08. The SMILES string of the molecule is Cc1cccc(NC(=O)COC(=O)C[C@@H](C)c2ccccc2)c1C. The van der Waals surface area contributed by atoms with Crippen molar-refractivity contribution in [2.45, 2.75) is 33.1 Å². The first-order valence-electron chi connectivity index (χ1n) is 8.04. The van der Waals surface area contributed by atoms with E-state index in [0.29, 0.717) is 0 Å². The van der Waals surface area contributed by atoms with E-state index >= 15 is 0 Å². The highest BCUT2D eigenvalue weighted by Gasteiger charge is 2.14. The molecule has 0 saturated heterocycles. The number of amides is 1. The maximum atomic E-state index is 11.9.